The smallest absolute Gasteiger partial charge is 0.0407 e. The Morgan fingerprint density at radius 3 is 2.33 bits per heavy atom. The van der Waals surface area contributed by atoms with Crippen molar-refractivity contribution in [3.05, 3.63) is 28.2 Å². The number of benzene rings is 1. The third-order valence-electron chi connectivity index (χ3n) is 4.19. The van der Waals surface area contributed by atoms with E-state index in [1.165, 1.54) is 54.5 Å². The van der Waals surface area contributed by atoms with Crippen LogP contribution in [0.25, 0.3) is 0 Å². The van der Waals surface area contributed by atoms with Crippen LogP contribution in [0.15, 0.2) is 22.7 Å². The van der Waals surface area contributed by atoms with E-state index < -0.39 is 0 Å². The van der Waals surface area contributed by atoms with Gasteiger partial charge in [-0.2, -0.15) is 0 Å². The van der Waals surface area contributed by atoms with E-state index in [1.807, 2.05) is 0 Å². The normalized spacial score (nSPS) is 17.7. The first-order valence-electron chi connectivity index (χ1n) is 7.12. The van der Waals surface area contributed by atoms with E-state index in [0.717, 1.165) is 0 Å². The molecule has 1 saturated heterocycles. The molecule has 1 aliphatic rings. The number of anilines is 1. The summed E-state index contributed by atoms with van der Waals surface area (Å²) >= 11 is 3.63. The van der Waals surface area contributed by atoms with Gasteiger partial charge in [0.15, 0.2) is 0 Å². The van der Waals surface area contributed by atoms with E-state index in [-0.39, 0.29) is 0 Å². The molecule has 1 nitrogen and oxygen atoms in total. The van der Waals surface area contributed by atoms with E-state index in [9.17, 15) is 0 Å². The molecule has 0 spiro atoms. The number of hydrogen-bond acceptors (Lipinski definition) is 1. The molecule has 0 aromatic heterocycles. The molecule has 0 unspecified atom stereocenters. The molecule has 2 rings (SSSR count). The highest BCUT2D eigenvalue weighted by Gasteiger charge is 2.41. The molecule has 1 aromatic carbocycles. The molecule has 1 heterocycles. The number of hydrogen-bond donors (Lipinski definition) is 0. The summed E-state index contributed by atoms with van der Waals surface area (Å²) in [4.78, 5) is 2.55. The monoisotopic (exact) mass is 309 g/mol. The molecule has 0 bridgehead atoms. The van der Waals surface area contributed by atoms with Crippen molar-refractivity contribution in [2.75, 3.05) is 18.0 Å². The van der Waals surface area contributed by atoms with Crippen molar-refractivity contribution in [3.63, 3.8) is 0 Å². The highest BCUT2D eigenvalue weighted by molar-refractivity contribution is 9.10. The Hall–Kier alpha value is -0.500. The second-order valence-corrected chi connectivity index (χ2v) is 6.59. The fraction of sp³-hybridized carbons (Fsp3) is 0.625. The molecule has 1 fully saturated rings. The maximum absolute atomic E-state index is 3.63. The van der Waals surface area contributed by atoms with Crippen LogP contribution in [0.4, 0.5) is 5.69 Å². The Kier molecular flexibility index (Phi) is 4.37. The number of rotatable bonds is 5. The summed E-state index contributed by atoms with van der Waals surface area (Å²) in [7, 11) is 0. The molecule has 0 N–H and O–H groups in total. The predicted octanol–water partition coefficient (Wildman–Crippen LogP) is 5.16. The zero-order valence-corrected chi connectivity index (χ0v) is 13.4. The molecule has 0 amide bonds. The fourth-order valence-corrected chi connectivity index (χ4v) is 3.73. The summed E-state index contributed by atoms with van der Waals surface area (Å²) in [5.41, 5.74) is 3.38. The largest absolute Gasteiger partial charge is 0.370 e. The van der Waals surface area contributed by atoms with Crippen LogP contribution < -0.4 is 4.90 Å². The minimum atomic E-state index is 0.595. The topological polar surface area (TPSA) is 3.24 Å². The second kappa shape index (κ2) is 5.64. The van der Waals surface area contributed by atoms with Crippen LogP contribution in [0, 0.1) is 12.3 Å². The van der Waals surface area contributed by atoms with E-state index >= 15 is 0 Å². The van der Waals surface area contributed by atoms with Crippen molar-refractivity contribution in [1.82, 2.24) is 0 Å². The summed E-state index contributed by atoms with van der Waals surface area (Å²) in [6, 6.07) is 6.53. The SMILES string of the molecule is CCCC1(CCC)CN(c2cccc(Br)c2C)C1. The lowest BCUT2D eigenvalue weighted by Crippen LogP contribution is -2.56. The zero-order valence-electron chi connectivity index (χ0n) is 11.8. The number of halogens is 1. The molecular formula is C16H24BrN. The summed E-state index contributed by atoms with van der Waals surface area (Å²) < 4.78 is 1.23. The Labute approximate surface area is 120 Å². The van der Waals surface area contributed by atoms with E-state index in [2.05, 4.69) is 59.8 Å². The Balaban J connectivity index is 2.09. The molecule has 0 saturated carbocycles. The van der Waals surface area contributed by atoms with Gasteiger partial charge in [0.25, 0.3) is 0 Å². The Morgan fingerprint density at radius 1 is 1.17 bits per heavy atom. The minimum absolute atomic E-state index is 0.595. The van der Waals surface area contributed by atoms with Gasteiger partial charge in [-0.25, -0.2) is 0 Å². The fourth-order valence-electron chi connectivity index (χ4n) is 3.37. The van der Waals surface area contributed by atoms with E-state index in [0.29, 0.717) is 5.41 Å². The van der Waals surface area contributed by atoms with Crippen LogP contribution in [0.3, 0.4) is 0 Å². The molecule has 0 atom stereocenters. The van der Waals surface area contributed by atoms with Gasteiger partial charge >= 0.3 is 0 Å². The van der Waals surface area contributed by atoms with Crippen molar-refractivity contribution in [2.24, 2.45) is 5.41 Å². The number of nitrogens with zero attached hydrogens (tertiary/aromatic N) is 1. The van der Waals surface area contributed by atoms with Gasteiger partial charge in [0, 0.05) is 28.7 Å². The first-order valence-corrected chi connectivity index (χ1v) is 7.91. The first kappa shape index (κ1) is 13.9. The average Bonchev–Trinajstić information content (AvgIpc) is 2.30. The zero-order chi connectivity index (χ0) is 13.2. The lowest BCUT2D eigenvalue weighted by molar-refractivity contribution is 0.173. The molecule has 1 aromatic rings. The lowest BCUT2D eigenvalue weighted by Gasteiger charge is -2.52. The summed E-state index contributed by atoms with van der Waals surface area (Å²) in [5.74, 6) is 0. The van der Waals surface area contributed by atoms with Crippen LogP contribution >= 0.6 is 15.9 Å². The molecular weight excluding hydrogens is 286 g/mol. The van der Waals surface area contributed by atoms with Gasteiger partial charge < -0.3 is 4.90 Å². The molecule has 0 aliphatic carbocycles. The molecule has 2 heteroatoms. The van der Waals surface area contributed by atoms with Crippen LogP contribution in [0.2, 0.25) is 0 Å². The van der Waals surface area contributed by atoms with Gasteiger partial charge in [0.2, 0.25) is 0 Å². The van der Waals surface area contributed by atoms with Crippen molar-refractivity contribution in [1.29, 1.82) is 0 Å². The van der Waals surface area contributed by atoms with Crippen LogP contribution in [0.5, 0.6) is 0 Å². The minimum Gasteiger partial charge on any atom is -0.370 e. The highest BCUT2D eigenvalue weighted by Crippen LogP contribution is 2.43. The maximum atomic E-state index is 3.63. The van der Waals surface area contributed by atoms with Crippen molar-refractivity contribution in [2.45, 2.75) is 46.5 Å². The quantitative estimate of drug-likeness (QED) is 0.725. The summed E-state index contributed by atoms with van der Waals surface area (Å²) in [6.45, 7) is 9.31. The second-order valence-electron chi connectivity index (χ2n) is 5.74. The third-order valence-corrected chi connectivity index (χ3v) is 5.05. The van der Waals surface area contributed by atoms with Gasteiger partial charge in [-0.05, 0) is 37.5 Å². The van der Waals surface area contributed by atoms with Gasteiger partial charge in [-0.3, -0.25) is 0 Å². The lowest BCUT2D eigenvalue weighted by atomic mass is 9.72. The van der Waals surface area contributed by atoms with Crippen LogP contribution in [-0.2, 0) is 0 Å². The van der Waals surface area contributed by atoms with Crippen molar-refractivity contribution >= 4 is 21.6 Å². The maximum Gasteiger partial charge on any atom is 0.0407 e. The van der Waals surface area contributed by atoms with Gasteiger partial charge in [-0.1, -0.05) is 48.7 Å². The Morgan fingerprint density at radius 2 is 1.78 bits per heavy atom. The summed E-state index contributed by atoms with van der Waals surface area (Å²) in [6.07, 6.45) is 5.38. The molecule has 1 aliphatic heterocycles. The highest BCUT2D eigenvalue weighted by atomic mass is 79.9. The van der Waals surface area contributed by atoms with E-state index in [4.69, 9.17) is 0 Å². The van der Waals surface area contributed by atoms with Gasteiger partial charge in [0.1, 0.15) is 0 Å². The summed E-state index contributed by atoms with van der Waals surface area (Å²) in [5, 5.41) is 0. The molecule has 18 heavy (non-hydrogen) atoms. The van der Waals surface area contributed by atoms with Crippen LogP contribution in [0.1, 0.15) is 45.1 Å². The van der Waals surface area contributed by atoms with Gasteiger partial charge in [-0.15, -0.1) is 0 Å². The average molecular weight is 310 g/mol. The molecule has 100 valence electrons. The predicted molar refractivity (Wildman–Crippen MR) is 83.3 cm³/mol. The first-order chi connectivity index (χ1) is 8.62. The van der Waals surface area contributed by atoms with E-state index in [1.54, 1.807) is 0 Å². The van der Waals surface area contributed by atoms with Gasteiger partial charge in [0.05, 0.1) is 0 Å². The van der Waals surface area contributed by atoms with Crippen molar-refractivity contribution in [3.8, 4) is 0 Å². The standard InChI is InChI=1S/C16H24BrN/c1-4-9-16(10-5-2)11-18(12-16)15-8-6-7-14(17)13(15)3/h6-8H,4-5,9-12H2,1-3H3. The van der Waals surface area contributed by atoms with Crippen molar-refractivity contribution < 1.29 is 0 Å². The van der Waals surface area contributed by atoms with Crippen LogP contribution in [-0.4, -0.2) is 13.1 Å². The molecule has 0 radical (unpaired) electrons. The third kappa shape index (κ3) is 2.59. The Bertz CT molecular complexity index is 400.